The zero-order valence-corrected chi connectivity index (χ0v) is 30.9. The highest BCUT2D eigenvalue weighted by atomic mass is 16.5. The number of fused-ring (bicyclic) bond motifs is 12. The van der Waals surface area contributed by atoms with Crippen LogP contribution in [-0.4, -0.2) is 15.0 Å². The van der Waals surface area contributed by atoms with Gasteiger partial charge < -0.3 is 4.74 Å². The Morgan fingerprint density at radius 1 is 0.351 bits per heavy atom. The van der Waals surface area contributed by atoms with E-state index in [9.17, 15) is 0 Å². The maximum atomic E-state index is 6.66. The van der Waals surface area contributed by atoms with Crippen LogP contribution in [-0.2, 0) is 11.8 Å². The third kappa shape index (κ3) is 4.71. The van der Waals surface area contributed by atoms with Crippen LogP contribution < -0.4 is 4.74 Å². The monoisotopic (exact) mass is 727 g/mol. The molecule has 1 aliphatic heterocycles. The molecule has 1 spiro atoms. The molecule has 0 fully saturated rings. The maximum absolute atomic E-state index is 6.66. The van der Waals surface area contributed by atoms with Gasteiger partial charge in [-0.25, -0.2) is 15.0 Å². The minimum Gasteiger partial charge on any atom is -0.457 e. The Labute approximate surface area is 330 Å². The SMILES string of the molecule is c1ccc(-c2nc(-c3ccccc3)nc(-c3cccc4c3Cc3cc(-c5ccc6c(c5)C5(c7ccccc7-c7ccccc75)c5ccccc5-6)ccc3O4)n2)cc1. The maximum Gasteiger partial charge on any atom is 0.164 e. The lowest BCUT2D eigenvalue weighted by atomic mass is 9.70. The predicted octanol–water partition coefficient (Wildman–Crippen LogP) is 12.6. The molecule has 0 amide bonds. The summed E-state index contributed by atoms with van der Waals surface area (Å²) in [6.45, 7) is 0. The van der Waals surface area contributed by atoms with Crippen molar-refractivity contribution in [3.63, 3.8) is 0 Å². The van der Waals surface area contributed by atoms with E-state index in [4.69, 9.17) is 19.7 Å². The zero-order valence-electron chi connectivity index (χ0n) is 30.9. The molecule has 4 heteroatoms. The molecule has 0 saturated heterocycles. The molecule has 1 aromatic heterocycles. The molecular weight excluding hydrogens is 695 g/mol. The van der Waals surface area contributed by atoms with E-state index in [1.165, 1.54) is 50.1 Å². The van der Waals surface area contributed by atoms with E-state index in [-0.39, 0.29) is 5.41 Å². The van der Waals surface area contributed by atoms with E-state index in [2.05, 4.69) is 115 Å². The molecule has 2 heterocycles. The molecular formula is C53H33N3O. The van der Waals surface area contributed by atoms with Gasteiger partial charge in [0.2, 0.25) is 0 Å². The Balaban J connectivity index is 0.976. The highest BCUT2D eigenvalue weighted by Crippen LogP contribution is 2.63. The second kappa shape index (κ2) is 12.3. The molecule has 0 bridgehead atoms. The first-order chi connectivity index (χ1) is 28.2. The van der Waals surface area contributed by atoms with Gasteiger partial charge in [0.15, 0.2) is 17.5 Å². The molecule has 0 N–H and O–H groups in total. The molecule has 12 rings (SSSR count). The molecule has 0 saturated carbocycles. The zero-order chi connectivity index (χ0) is 37.5. The van der Waals surface area contributed by atoms with Gasteiger partial charge in [-0.2, -0.15) is 0 Å². The Bertz CT molecular complexity index is 2960. The molecule has 2 aliphatic carbocycles. The van der Waals surface area contributed by atoms with E-state index in [1.807, 2.05) is 72.8 Å². The lowest BCUT2D eigenvalue weighted by Crippen LogP contribution is -2.25. The molecule has 57 heavy (non-hydrogen) atoms. The number of ether oxygens (including phenoxy) is 1. The highest BCUT2D eigenvalue weighted by molar-refractivity contribution is 5.96. The summed E-state index contributed by atoms with van der Waals surface area (Å²) in [5, 5.41) is 0. The first kappa shape index (κ1) is 31.9. The minimum absolute atomic E-state index is 0.387. The van der Waals surface area contributed by atoms with Gasteiger partial charge in [-0.3, -0.25) is 0 Å². The third-order valence-electron chi connectivity index (χ3n) is 12.1. The standard InChI is InChI=1S/C53H33N3O/c1-3-14-33(15-4-1)50-54-51(34-16-5-2-6-17-34)56-52(55-50)42-21-13-25-49-43(42)31-37-30-35(27-29-48(37)57-49)36-26-28-41-40-20-9-12-24-46(40)53(47(41)32-36)44-22-10-7-18-38(44)39-19-8-11-23-45(39)53/h1-30,32H,31H2. The van der Waals surface area contributed by atoms with Crippen LogP contribution in [0.15, 0.2) is 188 Å². The minimum atomic E-state index is -0.387. The van der Waals surface area contributed by atoms with Gasteiger partial charge in [-0.1, -0.05) is 164 Å². The summed E-state index contributed by atoms with van der Waals surface area (Å²) in [6, 6.07) is 67.0. The average molecular weight is 728 g/mol. The Morgan fingerprint density at radius 3 is 1.46 bits per heavy atom. The van der Waals surface area contributed by atoms with Crippen molar-refractivity contribution in [3.8, 4) is 79.0 Å². The third-order valence-corrected chi connectivity index (χ3v) is 12.1. The van der Waals surface area contributed by atoms with Gasteiger partial charge in [0.25, 0.3) is 0 Å². The number of rotatable bonds is 4. The first-order valence-electron chi connectivity index (χ1n) is 19.5. The van der Waals surface area contributed by atoms with Crippen LogP contribution in [0.3, 0.4) is 0 Å². The van der Waals surface area contributed by atoms with Crippen LogP contribution in [0.4, 0.5) is 0 Å². The summed E-state index contributed by atoms with van der Waals surface area (Å²) < 4.78 is 6.66. The highest BCUT2D eigenvalue weighted by Gasteiger charge is 2.51. The van der Waals surface area contributed by atoms with Crippen LogP contribution in [0.5, 0.6) is 11.5 Å². The number of nitrogens with zero attached hydrogens (tertiary/aromatic N) is 3. The predicted molar refractivity (Wildman–Crippen MR) is 227 cm³/mol. The van der Waals surface area contributed by atoms with Crippen LogP contribution in [0.2, 0.25) is 0 Å². The normalized spacial score (nSPS) is 13.5. The Hall–Kier alpha value is -7.43. The topological polar surface area (TPSA) is 47.9 Å². The molecule has 8 aromatic carbocycles. The van der Waals surface area contributed by atoms with Crippen molar-refractivity contribution in [2.75, 3.05) is 0 Å². The van der Waals surface area contributed by atoms with Crippen molar-refractivity contribution in [1.29, 1.82) is 0 Å². The van der Waals surface area contributed by atoms with Gasteiger partial charge in [0, 0.05) is 28.7 Å². The molecule has 0 unspecified atom stereocenters. The fourth-order valence-corrected chi connectivity index (χ4v) is 9.56. The molecule has 266 valence electrons. The van der Waals surface area contributed by atoms with Crippen molar-refractivity contribution in [2.45, 2.75) is 11.8 Å². The molecule has 9 aromatic rings. The number of aromatic nitrogens is 3. The summed E-state index contributed by atoms with van der Waals surface area (Å²) in [5.41, 5.74) is 17.6. The van der Waals surface area contributed by atoms with E-state index >= 15 is 0 Å². The number of hydrogen-bond acceptors (Lipinski definition) is 4. The summed E-state index contributed by atoms with van der Waals surface area (Å²) in [4.78, 5) is 15.1. The van der Waals surface area contributed by atoms with Crippen LogP contribution in [0.1, 0.15) is 33.4 Å². The quantitative estimate of drug-likeness (QED) is 0.181. The number of hydrogen-bond donors (Lipinski definition) is 0. The van der Waals surface area contributed by atoms with E-state index < -0.39 is 0 Å². The van der Waals surface area contributed by atoms with E-state index in [1.54, 1.807) is 0 Å². The van der Waals surface area contributed by atoms with Crippen molar-refractivity contribution in [2.24, 2.45) is 0 Å². The van der Waals surface area contributed by atoms with Crippen molar-refractivity contribution < 1.29 is 4.74 Å². The van der Waals surface area contributed by atoms with E-state index in [0.29, 0.717) is 23.9 Å². The van der Waals surface area contributed by atoms with Crippen LogP contribution >= 0.6 is 0 Å². The molecule has 0 radical (unpaired) electrons. The van der Waals surface area contributed by atoms with Crippen molar-refractivity contribution >= 4 is 0 Å². The van der Waals surface area contributed by atoms with Crippen molar-refractivity contribution in [1.82, 2.24) is 15.0 Å². The van der Waals surface area contributed by atoms with Gasteiger partial charge in [-0.05, 0) is 85.5 Å². The Kier molecular flexibility index (Phi) is 6.87. The van der Waals surface area contributed by atoms with Gasteiger partial charge in [0.05, 0.1) is 5.41 Å². The summed E-state index contributed by atoms with van der Waals surface area (Å²) in [7, 11) is 0. The molecule has 0 atom stereocenters. The summed E-state index contributed by atoms with van der Waals surface area (Å²) in [6.07, 6.45) is 0.683. The first-order valence-corrected chi connectivity index (χ1v) is 19.5. The largest absolute Gasteiger partial charge is 0.457 e. The fraction of sp³-hybridized carbons (Fsp3) is 0.0377. The lowest BCUT2D eigenvalue weighted by molar-refractivity contribution is 0.460. The smallest absolute Gasteiger partial charge is 0.164 e. The molecule has 4 nitrogen and oxygen atoms in total. The second-order valence-corrected chi connectivity index (χ2v) is 15.1. The molecule has 3 aliphatic rings. The Morgan fingerprint density at radius 2 is 0.842 bits per heavy atom. The summed E-state index contributed by atoms with van der Waals surface area (Å²) >= 11 is 0. The van der Waals surface area contributed by atoms with Crippen LogP contribution in [0, 0.1) is 0 Å². The fourth-order valence-electron chi connectivity index (χ4n) is 9.56. The van der Waals surface area contributed by atoms with Gasteiger partial charge >= 0.3 is 0 Å². The van der Waals surface area contributed by atoms with E-state index in [0.717, 1.165) is 44.9 Å². The van der Waals surface area contributed by atoms with Gasteiger partial charge in [0.1, 0.15) is 11.5 Å². The van der Waals surface area contributed by atoms with Crippen molar-refractivity contribution in [3.05, 3.63) is 221 Å². The second-order valence-electron chi connectivity index (χ2n) is 15.1. The lowest BCUT2D eigenvalue weighted by Gasteiger charge is -2.30. The average Bonchev–Trinajstić information content (AvgIpc) is 3.75. The summed E-state index contributed by atoms with van der Waals surface area (Å²) in [5.74, 6) is 3.61. The van der Waals surface area contributed by atoms with Gasteiger partial charge in [-0.15, -0.1) is 0 Å². The number of benzene rings is 8. The van der Waals surface area contributed by atoms with Crippen LogP contribution in [0.25, 0.3) is 67.5 Å².